The van der Waals surface area contributed by atoms with Crippen LogP contribution in [0.4, 0.5) is 5.13 Å². The van der Waals surface area contributed by atoms with Crippen LogP contribution in [-0.2, 0) is 0 Å². The van der Waals surface area contributed by atoms with E-state index in [2.05, 4.69) is 23.2 Å². The van der Waals surface area contributed by atoms with Gasteiger partial charge in [0.1, 0.15) is 0 Å². The maximum atomic E-state index is 5.64. The monoisotopic (exact) mass is 219 g/mol. The van der Waals surface area contributed by atoms with Crippen LogP contribution in [0, 0.1) is 0 Å². The van der Waals surface area contributed by atoms with E-state index in [0.717, 1.165) is 22.2 Å². The van der Waals surface area contributed by atoms with Crippen LogP contribution in [0.1, 0.15) is 12.0 Å². The number of hydrogen-bond donors (Lipinski definition) is 2. The van der Waals surface area contributed by atoms with Gasteiger partial charge < -0.3 is 11.5 Å². The molecule has 3 nitrogen and oxygen atoms in total. The van der Waals surface area contributed by atoms with E-state index in [4.69, 9.17) is 11.5 Å². The Kier molecular flexibility index (Phi) is 2.99. The van der Waals surface area contributed by atoms with Crippen molar-refractivity contribution in [3.05, 3.63) is 29.8 Å². The fourth-order valence-corrected chi connectivity index (χ4v) is 2.10. The summed E-state index contributed by atoms with van der Waals surface area (Å²) in [7, 11) is 0. The van der Waals surface area contributed by atoms with Crippen LogP contribution >= 0.6 is 11.3 Å². The molecule has 15 heavy (non-hydrogen) atoms. The van der Waals surface area contributed by atoms with E-state index in [-0.39, 0.29) is 0 Å². The van der Waals surface area contributed by atoms with E-state index < -0.39 is 0 Å². The summed E-state index contributed by atoms with van der Waals surface area (Å²) in [5.41, 5.74) is 13.1. The maximum absolute atomic E-state index is 5.64. The van der Waals surface area contributed by atoms with Crippen molar-refractivity contribution in [3.63, 3.8) is 0 Å². The summed E-state index contributed by atoms with van der Waals surface area (Å²) in [5, 5.41) is 0.619. The summed E-state index contributed by atoms with van der Waals surface area (Å²) in [6.45, 7) is 0.683. The molecule has 0 aliphatic heterocycles. The van der Waals surface area contributed by atoms with Gasteiger partial charge in [-0.1, -0.05) is 29.6 Å². The molecule has 0 spiro atoms. The second-order valence-electron chi connectivity index (χ2n) is 3.26. The van der Waals surface area contributed by atoms with Gasteiger partial charge >= 0.3 is 0 Å². The van der Waals surface area contributed by atoms with Gasteiger partial charge in [0.05, 0.1) is 10.2 Å². The largest absolute Gasteiger partial charge is 0.375 e. The molecule has 0 radical (unpaired) electrons. The van der Waals surface area contributed by atoms with Crippen molar-refractivity contribution in [2.24, 2.45) is 5.73 Å². The van der Waals surface area contributed by atoms with Gasteiger partial charge in [0, 0.05) is 0 Å². The van der Waals surface area contributed by atoms with Crippen molar-refractivity contribution in [1.29, 1.82) is 0 Å². The lowest BCUT2D eigenvalue weighted by molar-refractivity contribution is 1.01. The van der Waals surface area contributed by atoms with Crippen molar-refractivity contribution < 1.29 is 0 Å². The molecule has 0 saturated carbocycles. The van der Waals surface area contributed by atoms with Crippen molar-refractivity contribution >= 4 is 32.8 Å². The first-order valence-electron chi connectivity index (χ1n) is 4.82. The van der Waals surface area contributed by atoms with Gasteiger partial charge in [-0.15, -0.1) is 0 Å². The molecule has 1 aromatic heterocycles. The lowest BCUT2D eigenvalue weighted by Gasteiger charge is -1.92. The van der Waals surface area contributed by atoms with E-state index in [0.29, 0.717) is 11.7 Å². The minimum atomic E-state index is 0.619. The summed E-state index contributed by atoms with van der Waals surface area (Å²) in [4.78, 5) is 4.24. The van der Waals surface area contributed by atoms with Crippen LogP contribution in [-0.4, -0.2) is 11.5 Å². The van der Waals surface area contributed by atoms with Crippen LogP contribution in [0.2, 0.25) is 0 Å². The van der Waals surface area contributed by atoms with Crippen LogP contribution in [0.5, 0.6) is 0 Å². The van der Waals surface area contributed by atoms with E-state index in [1.165, 1.54) is 11.3 Å². The summed E-state index contributed by atoms with van der Waals surface area (Å²) in [5.74, 6) is 0. The topological polar surface area (TPSA) is 64.9 Å². The van der Waals surface area contributed by atoms with Crippen molar-refractivity contribution in [3.8, 4) is 0 Å². The minimum Gasteiger partial charge on any atom is -0.375 e. The molecule has 1 aromatic carbocycles. The minimum absolute atomic E-state index is 0.619. The molecule has 0 unspecified atom stereocenters. The first-order valence-corrected chi connectivity index (χ1v) is 5.64. The smallest absolute Gasteiger partial charge is 0.181 e. The summed E-state index contributed by atoms with van der Waals surface area (Å²) < 4.78 is 1.13. The van der Waals surface area contributed by atoms with Gasteiger partial charge in [0.15, 0.2) is 5.13 Å². The van der Waals surface area contributed by atoms with Crippen LogP contribution in [0.3, 0.4) is 0 Å². The number of nitrogen functional groups attached to an aromatic ring is 1. The zero-order valence-electron chi connectivity index (χ0n) is 8.31. The lowest BCUT2D eigenvalue weighted by Crippen LogP contribution is -1.94. The van der Waals surface area contributed by atoms with Crippen LogP contribution in [0.15, 0.2) is 24.3 Å². The van der Waals surface area contributed by atoms with Crippen molar-refractivity contribution in [2.75, 3.05) is 12.3 Å². The van der Waals surface area contributed by atoms with Gasteiger partial charge in [-0.25, -0.2) is 4.98 Å². The Labute approximate surface area is 92.4 Å². The number of thiazole rings is 1. The average molecular weight is 219 g/mol. The highest BCUT2D eigenvalue weighted by Crippen LogP contribution is 2.24. The highest BCUT2D eigenvalue weighted by Gasteiger charge is 1.99. The molecular formula is C11H13N3S. The molecule has 78 valence electrons. The number of nitrogens with two attached hydrogens (primary N) is 2. The van der Waals surface area contributed by atoms with Crippen molar-refractivity contribution in [2.45, 2.75) is 6.42 Å². The zero-order valence-corrected chi connectivity index (χ0v) is 9.13. The first kappa shape index (κ1) is 10.1. The number of anilines is 1. The SMILES string of the molecule is NCCC=Cc1ccc2sc(N)nc2c1. The Balaban J connectivity index is 2.30. The molecule has 0 aliphatic rings. The third kappa shape index (κ3) is 2.34. The van der Waals surface area contributed by atoms with Gasteiger partial charge in [0.2, 0.25) is 0 Å². The van der Waals surface area contributed by atoms with E-state index in [9.17, 15) is 0 Å². The van der Waals surface area contributed by atoms with Gasteiger partial charge in [0.25, 0.3) is 0 Å². The quantitative estimate of drug-likeness (QED) is 0.832. The van der Waals surface area contributed by atoms with E-state index in [1.54, 1.807) is 0 Å². The fraction of sp³-hybridized carbons (Fsp3) is 0.182. The predicted octanol–water partition coefficient (Wildman–Crippen LogP) is 2.24. The lowest BCUT2D eigenvalue weighted by atomic mass is 10.2. The Hall–Kier alpha value is -1.39. The Bertz CT molecular complexity index is 488. The third-order valence-electron chi connectivity index (χ3n) is 2.07. The Morgan fingerprint density at radius 1 is 1.40 bits per heavy atom. The second kappa shape index (κ2) is 4.42. The van der Waals surface area contributed by atoms with E-state index >= 15 is 0 Å². The van der Waals surface area contributed by atoms with E-state index in [1.807, 2.05) is 12.1 Å². The molecule has 0 fully saturated rings. The number of aromatic nitrogens is 1. The number of fused-ring (bicyclic) bond motifs is 1. The molecule has 2 rings (SSSR count). The Morgan fingerprint density at radius 3 is 3.07 bits per heavy atom. The Morgan fingerprint density at radius 2 is 2.27 bits per heavy atom. The predicted molar refractivity (Wildman–Crippen MR) is 66.7 cm³/mol. The average Bonchev–Trinajstić information content (AvgIpc) is 2.57. The third-order valence-corrected chi connectivity index (χ3v) is 2.94. The molecule has 0 bridgehead atoms. The molecule has 4 N–H and O–H groups in total. The number of nitrogens with zero attached hydrogens (tertiary/aromatic N) is 1. The molecule has 2 aromatic rings. The van der Waals surface area contributed by atoms with Gasteiger partial charge in [-0.3, -0.25) is 0 Å². The summed E-state index contributed by atoms with van der Waals surface area (Å²) in [6, 6.07) is 6.15. The van der Waals surface area contributed by atoms with Gasteiger partial charge in [-0.2, -0.15) is 0 Å². The molecule has 0 saturated heterocycles. The number of hydrogen-bond acceptors (Lipinski definition) is 4. The molecule has 0 amide bonds. The second-order valence-corrected chi connectivity index (χ2v) is 4.32. The molecule has 4 heteroatoms. The number of benzene rings is 1. The normalized spacial score (nSPS) is 11.5. The fourth-order valence-electron chi connectivity index (χ4n) is 1.38. The van der Waals surface area contributed by atoms with Crippen LogP contribution in [0.25, 0.3) is 16.3 Å². The molecule has 0 aliphatic carbocycles. The zero-order chi connectivity index (χ0) is 10.7. The maximum Gasteiger partial charge on any atom is 0.181 e. The number of rotatable bonds is 3. The first-order chi connectivity index (χ1) is 7.29. The molecule has 1 heterocycles. The van der Waals surface area contributed by atoms with Crippen molar-refractivity contribution in [1.82, 2.24) is 4.98 Å². The highest BCUT2D eigenvalue weighted by molar-refractivity contribution is 7.22. The van der Waals surface area contributed by atoms with Crippen LogP contribution < -0.4 is 11.5 Å². The standard InChI is InChI=1S/C11H13N3S/c12-6-2-1-3-8-4-5-10-9(7-8)14-11(13)15-10/h1,3-5,7H,2,6,12H2,(H2,13,14). The molecular weight excluding hydrogens is 206 g/mol. The van der Waals surface area contributed by atoms with Gasteiger partial charge in [-0.05, 0) is 30.7 Å². The molecule has 0 atom stereocenters. The summed E-state index contributed by atoms with van der Waals surface area (Å²) >= 11 is 1.51. The highest BCUT2D eigenvalue weighted by atomic mass is 32.1. The summed E-state index contributed by atoms with van der Waals surface area (Å²) in [6.07, 6.45) is 5.02.